The van der Waals surface area contributed by atoms with Crippen LogP contribution in [0, 0.1) is 6.92 Å². The van der Waals surface area contributed by atoms with Crippen LogP contribution in [0.25, 0.3) is 10.9 Å². The van der Waals surface area contributed by atoms with Crippen LogP contribution in [0.15, 0.2) is 71.9 Å². The molecule has 2 aromatic heterocycles. The Bertz CT molecular complexity index is 1300. The molecule has 8 heteroatoms. The van der Waals surface area contributed by atoms with Gasteiger partial charge in [-0.05, 0) is 36.8 Å². The summed E-state index contributed by atoms with van der Waals surface area (Å²) in [6.45, 7) is 2.38. The van der Waals surface area contributed by atoms with E-state index in [0.717, 1.165) is 11.4 Å². The van der Waals surface area contributed by atoms with E-state index in [4.69, 9.17) is 0 Å². The summed E-state index contributed by atoms with van der Waals surface area (Å²) in [5, 5.41) is 5.64. The Balaban J connectivity index is 1.34. The van der Waals surface area contributed by atoms with Gasteiger partial charge in [0.2, 0.25) is 11.3 Å². The molecule has 0 radical (unpaired) electrons. The first-order chi connectivity index (χ1) is 15.0. The molecule has 2 aromatic carbocycles. The molecule has 0 bridgehead atoms. The van der Waals surface area contributed by atoms with Gasteiger partial charge in [-0.3, -0.25) is 14.4 Å². The number of fused-ring (bicyclic) bond motifs is 1. The van der Waals surface area contributed by atoms with E-state index in [9.17, 15) is 14.4 Å². The lowest BCUT2D eigenvalue weighted by Crippen LogP contribution is -2.35. The smallest absolute Gasteiger partial charge is 0.257 e. The number of nitrogens with one attached hydrogen (secondary N) is 3. The van der Waals surface area contributed by atoms with E-state index in [1.807, 2.05) is 29.8 Å². The number of benzene rings is 2. The molecule has 0 fully saturated rings. The zero-order chi connectivity index (χ0) is 21.8. The summed E-state index contributed by atoms with van der Waals surface area (Å²) in [4.78, 5) is 44.2. The highest BCUT2D eigenvalue weighted by atomic mass is 16.2. The third kappa shape index (κ3) is 4.53. The van der Waals surface area contributed by atoms with Gasteiger partial charge in [0.25, 0.3) is 5.91 Å². The number of hydrogen-bond donors (Lipinski definition) is 3. The summed E-state index contributed by atoms with van der Waals surface area (Å²) in [6.07, 6.45) is 5.02. The van der Waals surface area contributed by atoms with E-state index >= 15 is 0 Å². The minimum atomic E-state index is -0.604. The molecule has 0 spiro atoms. The van der Waals surface area contributed by atoms with E-state index in [1.54, 1.807) is 42.6 Å². The minimum absolute atomic E-state index is 0.0364. The van der Waals surface area contributed by atoms with Crippen LogP contribution in [0.4, 0.5) is 5.69 Å². The first kappa shape index (κ1) is 20.1. The number of anilines is 1. The summed E-state index contributed by atoms with van der Waals surface area (Å²) in [5.74, 6) is -0.0599. The molecule has 0 aliphatic rings. The van der Waals surface area contributed by atoms with Gasteiger partial charge in [0, 0.05) is 41.7 Å². The average Bonchev–Trinajstić information content (AvgIpc) is 3.18. The van der Waals surface area contributed by atoms with E-state index in [0.29, 0.717) is 23.1 Å². The van der Waals surface area contributed by atoms with Crippen molar-refractivity contribution in [1.29, 1.82) is 0 Å². The number of nitrogens with zero attached hydrogens (tertiary/aromatic N) is 2. The molecule has 4 rings (SSSR count). The summed E-state index contributed by atoms with van der Waals surface area (Å²) < 4.78 is 2.03. The SMILES string of the molecule is Cc1nccn1Cc1ccc(NC(=O)CNC(=O)c2c[nH]c3ccccc3c2=O)cc1. The number of amides is 2. The molecule has 4 aromatic rings. The molecule has 31 heavy (non-hydrogen) atoms. The van der Waals surface area contributed by atoms with Crippen molar-refractivity contribution in [3.8, 4) is 0 Å². The van der Waals surface area contributed by atoms with Crippen LogP contribution < -0.4 is 16.1 Å². The molecule has 0 aliphatic heterocycles. The molecule has 0 saturated carbocycles. The Kier molecular flexibility index (Phi) is 5.61. The van der Waals surface area contributed by atoms with Crippen LogP contribution in [0.5, 0.6) is 0 Å². The lowest BCUT2D eigenvalue weighted by atomic mass is 10.1. The molecule has 3 N–H and O–H groups in total. The number of carbonyl (C=O) groups excluding carboxylic acids is 2. The highest BCUT2D eigenvalue weighted by Crippen LogP contribution is 2.12. The van der Waals surface area contributed by atoms with Gasteiger partial charge in [0.1, 0.15) is 11.4 Å². The monoisotopic (exact) mass is 415 g/mol. The van der Waals surface area contributed by atoms with Crippen LogP contribution in [0.3, 0.4) is 0 Å². The van der Waals surface area contributed by atoms with Gasteiger partial charge in [-0.15, -0.1) is 0 Å². The van der Waals surface area contributed by atoms with Crippen LogP contribution in [0.1, 0.15) is 21.7 Å². The lowest BCUT2D eigenvalue weighted by Gasteiger charge is -2.09. The molecule has 2 amide bonds. The molecular formula is C23H21N5O3. The fourth-order valence-electron chi connectivity index (χ4n) is 3.26. The third-order valence-corrected chi connectivity index (χ3v) is 4.96. The lowest BCUT2D eigenvalue weighted by molar-refractivity contribution is -0.115. The second kappa shape index (κ2) is 8.66. The van der Waals surface area contributed by atoms with E-state index in [1.165, 1.54) is 6.20 Å². The molecule has 2 heterocycles. The van der Waals surface area contributed by atoms with E-state index in [-0.39, 0.29) is 23.4 Å². The van der Waals surface area contributed by atoms with Crippen molar-refractivity contribution in [2.45, 2.75) is 13.5 Å². The zero-order valence-electron chi connectivity index (χ0n) is 16.9. The Morgan fingerprint density at radius 1 is 1.10 bits per heavy atom. The summed E-state index contributed by atoms with van der Waals surface area (Å²) in [5.41, 5.74) is 1.92. The van der Waals surface area contributed by atoms with Crippen molar-refractivity contribution < 1.29 is 9.59 Å². The molecule has 156 valence electrons. The van der Waals surface area contributed by atoms with Gasteiger partial charge < -0.3 is 20.2 Å². The zero-order valence-corrected chi connectivity index (χ0v) is 16.9. The van der Waals surface area contributed by atoms with Gasteiger partial charge in [0.05, 0.1) is 6.54 Å². The predicted molar refractivity (Wildman–Crippen MR) is 118 cm³/mol. The number of para-hydroxylation sites is 1. The molecule has 0 unspecified atom stereocenters. The summed E-state index contributed by atoms with van der Waals surface area (Å²) >= 11 is 0. The highest BCUT2D eigenvalue weighted by molar-refractivity contribution is 6.00. The van der Waals surface area contributed by atoms with Crippen LogP contribution in [0.2, 0.25) is 0 Å². The Morgan fingerprint density at radius 2 is 1.87 bits per heavy atom. The first-order valence-corrected chi connectivity index (χ1v) is 9.76. The van der Waals surface area contributed by atoms with Gasteiger partial charge in [-0.2, -0.15) is 0 Å². The number of pyridine rings is 1. The fraction of sp³-hybridized carbons (Fsp3) is 0.130. The molecular weight excluding hydrogens is 394 g/mol. The molecule has 0 aliphatic carbocycles. The number of aromatic amines is 1. The van der Waals surface area contributed by atoms with Crippen molar-refractivity contribution in [2.75, 3.05) is 11.9 Å². The largest absolute Gasteiger partial charge is 0.360 e. The van der Waals surface area contributed by atoms with Crippen molar-refractivity contribution >= 4 is 28.4 Å². The number of H-pyrrole nitrogens is 1. The maximum Gasteiger partial charge on any atom is 0.257 e. The number of hydrogen-bond acceptors (Lipinski definition) is 4. The number of aryl methyl sites for hydroxylation is 1. The van der Waals surface area contributed by atoms with Gasteiger partial charge in [0.15, 0.2) is 0 Å². The Morgan fingerprint density at radius 3 is 2.61 bits per heavy atom. The second-order valence-corrected chi connectivity index (χ2v) is 7.11. The van der Waals surface area contributed by atoms with Crippen LogP contribution >= 0.6 is 0 Å². The fourth-order valence-corrected chi connectivity index (χ4v) is 3.26. The van der Waals surface area contributed by atoms with Crippen LogP contribution in [-0.4, -0.2) is 32.9 Å². The third-order valence-electron chi connectivity index (χ3n) is 4.96. The van der Waals surface area contributed by atoms with Crippen molar-refractivity contribution in [1.82, 2.24) is 19.9 Å². The number of rotatable bonds is 6. The standard InChI is InChI=1S/C23H21N5O3/c1-15-24-10-11-28(15)14-16-6-8-17(9-7-16)27-21(29)13-26-23(31)19-12-25-20-5-3-2-4-18(20)22(19)30/h2-12H,13-14H2,1H3,(H,25,30)(H,26,31)(H,27,29). The number of imidazole rings is 1. The highest BCUT2D eigenvalue weighted by Gasteiger charge is 2.14. The molecule has 0 saturated heterocycles. The van der Waals surface area contributed by atoms with Gasteiger partial charge >= 0.3 is 0 Å². The normalized spacial score (nSPS) is 10.7. The number of carbonyl (C=O) groups is 2. The summed E-state index contributed by atoms with van der Waals surface area (Å²) in [7, 11) is 0. The topological polar surface area (TPSA) is 109 Å². The van der Waals surface area contributed by atoms with Gasteiger partial charge in [-0.1, -0.05) is 24.3 Å². The van der Waals surface area contributed by atoms with Crippen molar-refractivity contribution in [3.05, 3.63) is 94.3 Å². The Labute approximate surface area is 177 Å². The quantitative estimate of drug-likeness (QED) is 0.449. The Hall–Kier alpha value is -4.20. The van der Waals surface area contributed by atoms with E-state index in [2.05, 4.69) is 20.6 Å². The summed E-state index contributed by atoms with van der Waals surface area (Å²) in [6, 6.07) is 14.4. The van der Waals surface area contributed by atoms with Crippen molar-refractivity contribution in [2.24, 2.45) is 0 Å². The van der Waals surface area contributed by atoms with Crippen molar-refractivity contribution in [3.63, 3.8) is 0 Å². The maximum atomic E-state index is 12.5. The first-order valence-electron chi connectivity index (χ1n) is 9.76. The predicted octanol–water partition coefficient (Wildman–Crippen LogP) is 2.45. The molecule has 0 atom stereocenters. The minimum Gasteiger partial charge on any atom is -0.360 e. The van der Waals surface area contributed by atoms with Gasteiger partial charge in [-0.25, -0.2) is 4.98 Å². The van der Waals surface area contributed by atoms with E-state index < -0.39 is 5.91 Å². The van der Waals surface area contributed by atoms with Crippen LogP contribution in [-0.2, 0) is 11.3 Å². The molecule has 8 nitrogen and oxygen atoms in total. The maximum absolute atomic E-state index is 12.5. The average molecular weight is 415 g/mol. The number of aromatic nitrogens is 3. The second-order valence-electron chi connectivity index (χ2n) is 7.11.